The maximum atomic E-state index is 13.8. The number of methoxy groups -OCH3 is 1. The van der Waals surface area contributed by atoms with Crippen molar-refractivity contribution >= 4 is 11.7 Å². The highest BCUT2D eigenvalue weighted by molar-refractivity contribution is 5.95. The van der Waals surface area contributed by atoms with E-state index in [1.165, 1.54) is 18.3 Å². The number of alkyl halides is 3. The van der Waals surface area contributed by atoms with Gasteiger partial charge < -0.3 is 19.8 Å². The van der Waals surface area contributed by atoms with E-state index in [4.69, 9.17) is 10.5 Å². The molecule has 1 saturated heterocycles. The van der Waals surface area contributed by atoms with Crippen LogP contribution in [0.3, 0.4) is 0 Å². The Morgan fingerprint density at radius 2 is 2.03 bits per heavy atom. The first-order valence-corrected chi connectivity index (χ1v) is 8.76. The zero-order valence-corrected chi connectivity index (χ0v) is 15.6. The van der Waals surface area contributed by atoms with Gasteiger partial charge in [0.15, 0.2) is 5.69 Å². The molecule has 2 N–H and O–H groups in total. The van der Waals surface area contributed by atoms with Crippen LogP contribution in [0.1, 0.15) is 27.2 Å². The van der Waals surface area contributed by atoms with Crippen LogP contribution in [0.25, 0.3) is 5.69 Å². The molecular weight excluding hydrogens is 389 g/mol. The van der Waals surface area contributed by atoms with Crippen LogP contribution in [-0.2, 0) is 22.2 Å². The smallest absolute Gasteiger partial charge is 0.416 e. The van der Waals surface area contributed by atoms with Crippen molar-refractivity contribution in [3.05, 3.63) is 46.8 Å². The standard InChI is InChI=1S/C19H19F3N4O3/c1-28-18(27)17-16(24)13(9-23)11-26(17)14-3-2-12(15(8-14)19(20,21)22)10-25-4-6-29-7-5-25/h2-3,8,11H,4-7,10,24H2,1H3. The highest BCUT2D eigenvalue weighted by atomic mass is 19.4. The first kappa shape index (κ1) is 20.7. The summed E-state index contributed by atoms with van der Waals surface area (Å²) in [5.74, 6) is -0.852. The summed E-state index contributed by atoms with van der Waals surface area (Å²) in [4.78, 5) is 14.0. The average molecular weight is 408 g/mol. The Kier molecular flexibility index (Phi) is 5.81. The van der Waals surface area contributed by atoms with E-state index in [-0.39, 0.29) is 34.7 Å². The average Bonchev–Trinajstić information content (AvgIpc) is 3.04. The molecule has 7 nitrogen and oxygen atoms in total. The summed E-state index contributed by atoms with van der Waals surface area (Å²) < 4.78 is 52.3. The van der Waals surface area contributed by atoms with E-state index in [1.54, 1.807) is 0 Å². The predicted molar refractivity (Wildman–Crippen MR) is 97.3 cm³/mol. The van der Waals surface area contributed by atoms with E-state index in [1.807, 2.05) is 11.0 Å². The van der Waals surface area contributed by atoms with Crippen LogP contribution in [0, 0.1) is 11.3 Å². The number of hydrogen-bond donors (Lipinski definition) is 1. The zero-order chi connectivity index (χ0) is 21.2. The van der Waals surface area contributed by atoms with E-state index in [0.29, 0.717) is 26.3 Å². The lowest BCUT2D eigenvalue weighted by Gasteiger charge is -2.28. The SMILES string of the molecule is COC(=O)c1c(N)c(C#N)cn1-c1ccc(CN2CCOCC2)c(C(F)(F)F)c1. The van der Waals surface area contributed by atoms with E-state index in [0.717, 1.165) is 17.7 Å². The largest absolute Gasteiger partial charge is 0.464 e. The van der Waals surface area contributed by atoms with Crippen molar-refractivity contribution in [3.8, 4) is 11.8 Å². The highest BCUT2D eigenvalue weighted by Gasteiger charge is 2.34. The van der Waals surface area contributed by atoms with Crippen LogP contribution in [0.5, 0.6) is 0 Å². The third-order valence-electron chi connectivity index (χ3n) is 4.72. The first-order valence-electron chi connectivity index (χ1n) is 8.76. The molecule has 0 spiro atoms. The number of nitrogen functional groups attached to an aromatic ring is 1. The summed E-state index contributed by atoms with van der Waals surface area (Å²) in [6, 6.07) is 5.60. The molecule has 0 radical (unpaired) electrons. The van der Waals surface area contributed by atoms with Crippen LogP contribution < -0.4 is 5.73 Å². The molecule has 1 aliphatic heterocycles. The molecule has 0 atom stereocenters. The molecule has 1 aromatic heterocycles. The fraction of sp³-hybridized carbons (Fsp3) is 0.368. The zero-order valence-electron chi connectivity index (χ0n) is 15.6. The van der Waals surface area contributed by atoms with Gasteiger partial charge in [-0.1, -0.05) is 6.07 Å². The minimum atomic E-state index is -4.60. The number of aromatic nitrogens is 1. The van der Waals surface area contributed by atoms with Crippen LogP contribution in [-0.4, -0.2) is 48.8 Å². The maximum Gasteiger partial charge on any atom is 0.416 e. The molecule has 1 aliphatic rings. The molecule has 0 aliphatic carbocycles. The fourth-order valence-electron chi connectivity index (χ4n) is 3.23. The molecule has 1 aromatic carbocycles. The maximum absolute atomic E-state index is 13.8. The number of carbonyl (C=O) groups is 1. The van der Waals surface area contributed by atoms with Crippen molar-refractivity contribution in [2.75, 3.05) is 39.1 Å². The lowest BCUT2D eigenvalue weighted by molar-refractivity contribution is -0.138. The summed E-state index contributed by atoms with van der Waals surface area (Å²) in [5, 5.41) is 9.18. The lowest BCUT2D eigenvalue weighted by Crippen LogP contribution is -2.36. The molecule has 0 saturated carbocycles. The summed E-state index contributed by atoms with van der Waals surface area (Å²) in [5.41, 5.74) is 4.80. The number of hydrogen-bond acceptors (Lipinski definition) is 6. The molecule has 29 heavy (non-hydrogen) atoms. The van der Waals surface area contributed by atoms with Crippen LogP contribution in [0.2, 0.25) is 0 Å². The quantitative estimate of drug-likeness (QED) is 0.782. The summed E-state index contributed by atoms with van der Waals surface area (Å²) in [7, 11) is 1.12. The van der Waals surface area contributed by atoms with Crippen molar-refractivity contribution in [2.45, 2.75) is 12.7 Å². The number of ether oxygens (including phenoxy) is 2. The second-order valence-corrected chi connectivity index (χ2v) is 6.51. The van der Waals surface area contributed by atoms with Gasteiger partial charge in [0.1, 0.15) is 6.07 Å². The van der Waals surface area contributed by atoms with Gasteiger partial charge >= 0.3 is 12.1 Å². The van der Waals surface area contributed by atoms with Crippen molar-refractivity contribution in [1.29, 1.82) is 5.26 Å². The van der Waals surface area contributed by atoms with Gasteiger partial charge in [0, 0.05) is 31.5 Å². The number of anilines is 1. The van der Waals surface area contributed by atoms with Crippen molar-refractivity contribution in [1.82, 2.24) is 9.47 Å². The number of halogens is 3. The van der Waals surface area contributed by atoms with Crippen molar-refractivity contribution in [3.63, 3.8) is 0 Å². The third-order valence-corrected chi connectivity index (χ3v) is 4.72. The molecule has 2 aromatic rings. The van der Waals surface area contributed by atoms with Gasteiger partial charge in [0.05, 0.1) is 37.1 Å². The number of nitrogens with zero attached hydrogens (tertiary/aromatic N) is 3. The van der Waals surface area contributed by atoms with Crippen molar-refractivity contribution in [2.24, 2.45) is 0 Å². The van der Waals surface area contributed by atoms with E-state index >= 15 is 0 Å². The number of morpholine rings is 1. The Labute approximate surface area is 165 Å². The second kappa shape index (κ2) is 8.14. The Morgan fingerprint density at radius 1 is 1.34 bits per heavy atom. The molecule has 2 heterocycles. The molecule has 1 fully saturated rings. The fourth-order valence-corrected chi connectivity index (χ4v) is 3.23. The van der Waals surface area contributed by atoms with Crippen LogP contribution in [0.15, 0.2) is 24.4 Å². The lowest BCUT2D eigenvalue weighted by atomic mass is 10.0. The molecular formula is C19H19F3N4O3. The van der Waals surface area contributed by atoms with Gasteiger partial charge in [0.25, 0.3) is 0 Å². The van der Waals surface area contributed by atoms with E-state index in [2.05, 4.69) is 4.74 Å². The number of rotatable bonds is 4. The first-order chi connectivity index (χ1) is 13.8. The Hall–Kier alpha value is -3.03. The predicted octanol–water partition coefficient (Wildman–Crippen LogP) is 2.57. The molecule has 3 rings (SSSR count). The normalized spacial score (nSPS) is 15.1. The Balaban J connectivity index is 2.08. The third kappa shape index (κ3) is 4.21. The topological polar surface area (TPSA) is 93.5 Å². The molecule has 0 bridgehead atoms. The van der Waals surface area contributed by atoms with Gasteiger partial charge in [-0.3, -0.25) is 4.90 Å². The minimum Gasteiger partial charge on any atom is -0.464 e. The van der Waals surface area contributed by atoms with Gasteiger partial charge in [-0.2, -0.15) is 18.4 Å². The number of carbonyl (C=O) groups excluding carboxylic acids is 1. The van der Waals surface area contributed by atoms with Gasteiger partial charge in [-0.15, -0.1) is 0 Å². The number of nitrogens with two attached hydrogens (primary N) is 1. The summed E-state index contributed by atoms with van der Waals surface area (Å²) in [6.45, 7) is 2.17. The number of benzene rings is 1. The van der Waals surface area contributed by atoms with Crippen molar-refractivity contribution < 1.29 is 27.4 Å². The second-order valence-electron chi connectivity index (χ2n) is 6.51. The molecule has 154 valence electrons. The van der Waals surface area contributed by atoms with Gasteiger partial charge in [0.2, 0.25) is 0 Å². The van der Waals surface area contributed by atoms with Crippen LogP contribution in [0.4, 0.5) is 18.9 Å². The Morgan fingerprint density at radius 3 is 2.62 bits per heavy atom. The van der Waals surface area contributed by atoms with Gasteiger partial charge in [-0.25, -0.2) is 4.79 Å². The monoisotopic (exact) mass is 408 g/mol. The van der Waals surface area contributed by atoms with Gasteiger partial charge in [-0.05, 0) is 17.7 Å². The minimum absolute atomic E-state index is 0.0312. The van der Waals surface area contributed by atoms with Crippen LogP contribution >= 0.6 is 0 Å². The number of esters is 1. The molecule has 10 heteroatoms. The van der Waals surface area contributed by atoms with E-state index in [9.17, 15) is 23.2 Å². The Bertz CT molecular complexity index is 957. The summed E-state index contributed by atoms with van der Waals surface area (Å²) >= 11 is 0. The molecule has 0 unspecified atom stereocenters. The molecule has 0 amide bonds. The number of nitriles is 1. The summed E-state index contributed by atoms with van der Waals surface area (Å²) in [6.07, 6.45) is -3.38. The highest BCUT2D eigenvalue weighted by Crippen LogP contribution is 2.35. The van der Waals surface area contributed by atoms with E-state index < -0.39 is 17.7 Å².